The van der Waals surface area contributed by atoms with Gasteiger partial charge in [0.05, 0.1) is 9.40 Å². The van der Waals surface area contributed by atoms with Gasteiger partial charge in [0, 0.05) is 19.2 Å². The first-order chi connectivity index (χ1) is 9.61. The summed E-state index contributed by atoms with van der Waals surface area (Å²) in [4.78, 5) is 14.2. The molecule has 2 rings (SSSR count). The van der Waals surface area contributed by atoms with Gasteiger partial charge < -0.3 is 11.1 Å². The normalized spacial score (nSPS) is 10.3. The van der Waals surface area contributed by atoms with E-state index in [2.05, 4.69) is 26.2 Å². The highest BCUT2D eigenvalue weighted by Gasteiger charge is 2.10. The lowest BCUT2D eigenvalue weighted by molar-refractivity contribution is -0.385. The highest BCUT2D eigenvalue weighted by atomic mass is 79.9. The molecule has 0 saturated carbocycles. The molecule has 2 aromatic rings. The van der Waals surface area contributed by atoms with Gasteiger partial charge in [-0.3, -0.25) is 10.1 Å². The van der Waals surface area contributed by atoms with E-state index in [-0.39, 0.29) is 5.69 Å². The highest BCUT2D eigenvalue weighted by Crippen LogP contribution is 2.25. The maximum Gasteiger partial charge on any atom is 0.288 e. The Balaban J connectivity index is 2.13. The highest BCUT2D eigenvalue weighted by molar-refractivity contribution is 9.10. The van der Waals surface area contributed by atoms with Crippen LogP contribution >= 0.6 is 15.9 Å². The molecule has 0 radical (unpaired) electrons. The topological polar surface area (TPSA) is 94.1 Å². The fourth-order valence-corrected chi connectivity index (χ4v) is 2.24. The van der Waals surface area contributed by atoms with E-state index in [1.165, 1.54) is 12.3 Å². The molecule has 0 fully saturated rings. The van der Waals surface area contributed by atoms with E-state index in [1.807, 2.05) is 24.3 Å². The number of anilines is 1. The van der Waals surface area contributed by atoms with Gasteiger partial charge in [0.15, 0.2) is 0 Å². The SMILES string of the molecule is NCc1ccccc1CNc1ncc([N+](=O)[O-])cc1Br. The number of pyridine rings is 1. The zero-order valence-electron chi connectivity index (χ0n) is 10.5. The van der Waals surface area contributed by atoms with Crippen molar-refractivity contribution in [3.8, 4) is 0 Å². The van der Waals surface area contributed by atoms with Gasteiger partial charge in [-0.2, -0.15) is 0 Å². The monoisotopic (exact) mass is 336 g/mol. The van der Waals surface area contributed by atoms with Gasteiger partial charge in [0.2, 0.25) is 0 Å². The second kappa shape index (κ2) is 6.44. The minimum absolute atomic E-state index is 0.0511. The van der Waals surface area contributed by atoms with Crippen LogP contribution in [-0.4, -0.2) is 9.91 Å². The van der Waals surface area contributed by atoms with Crippen LogP contribution in [-0.2, 0) is 13.1 Å². The number of halogens is 1. The van der Waals surface area contributed by atoms with E-state index in [0.29, 0.717) is 23.4 Å². The second-order valence-corrected chi connectivity index (χ2v) is 4.96. The van der Waals surface area contributed by atoms with Crippen LogP contribution in [0.15, 0.2) is 41.0 Å². The third-order valence-corrected chi connectivity index (χ3v) is 3.43. The molecule has 7 heteroatoms. The summed E-state index contributed by atoms with van der Waals surface area (Å²) in [6.45, 7) is 1.02. The van der Waals surface area contributed by atoms with Crippen LogP contribution in [0.2, 0.25) is 0 Å². The van der Waals surface area contributed by atoms with Gasteiger partial charge in [0.25, 0.3) is 5.69 Å². The van der Waals surface area contributed by atoms with Crippen LogP contribution in [0.1, 0.15) is 11.1 Å². The number of nitrogens with one attached hydrogen (secondary N) is 1. The van der Waals surface area contributed by atoms with E-state index < -0.39 is 4.92 Å². The van der Waals surface area contributed by atoms with Crippen molar-refractivity contribution in [1.82, 2.24) is 4.98 Å². The van der Waals surface area contributed by atoms with Gasteiger partial charge in [0.1, 0.15) is 12.0 Å². The number of nitro groups is 1. The summed E-state index contributed by atoms with van der Waals surface area (Å²) in [6, 6.07) is 9.24. The molecule has 0 aliphatic rings. The molecule has 1 aromatic carbocycles. The Morgan fingerprint density at radius 2 is 2.05 bits per heavy atom. The molecule has 20 heavy (non-hydrogen) atoms. The molecule has 0 bridgehead atoms. The lowest BCUT2D eigenvalue weighted by atomic mass is 10.1. The number of hydrogen-bond acceptors (Lipinski definition) is 5. The first kappa shape index (κ1) is 14.4. The van der Waals surface area contributed by atoms with Crippen LogP contribution in [0.5, 0.6) is 0 Å². The lowest BCUT2D eigenvalue weighted by Crippen LogP contribution is -2.07. The number of aromatic nitrogens is 1. The van der Waals surface area contributed by atoms with Gasteiger partial charge in [-0.05, 0) is 27.1 Å². The smallest absolute Gasteiger partial charge is 0.288 e. The first-order valence-electron chi connectivity index (χ1n) is 5.92. The summed E-state index contributed by atoms with van der Waals surface area (Å²) in [5.41, 5.74) is 7.75. The van der Waals surface area contributed by atoms with Crippen LogP contribution < -0.4 is 11.1 Å². The van der Waals surface area contributed by atoms with Crippen LogP contribution in [0.25, 0.3) is 0 Å². The quantitative estimate of drug-likeness (QED) is 0.646. The fraction of sp³-hybridized carbons (Fsp3) is 0.154. The van der Waals surface area contributed by atoms with Gasteiger partial charge >= 0.3 is 0 Å². The zero-order valence-corrected chi connectivity index (χ0v) is 12.1. The number of nitrogens with zero attached hydrogens (tertiary/aromatic N) is 2. The lowest BCUT2D eigenvalue weighted by Gasteiger charge is -2.10. The Morgan fingerprint density at radius 3 is 2.65 bits per heavy atom. The molecule has 0 spiro atoms. The van der Waals surface area contributed by atoms with E-state index >= 15 is 0 Å². The summed E-state index contributed by atoms with van der Waals surface area (Å²) in [7, 11) is 0. The molecular weight excluding hydrogens is 324 g/mol. The molecular formula is C13H13BrN4O2. The Kier molecular flexibility index (Phi) is 4.65. The maximum absolute atomic E-state index is 10.6. The van der Waals surface area contributed by atoms with Gasteiger partial charge in [-0.15, -0.1) is 0 Å². The minimum Gasteiger partial charge on any atom is -0.365 e. The Bertz CT molecular complexity index is 634. The summed E-state index contributed by atoms with van der Waals surface area (Å²) in [6.07, 6.45) is 1.22. The van der Waals surface area contributed by atoms with Crippen molar-refractivity contribution >= 4 is 27.4 Å². The third-order valence-electron chi connectivity index (χ3n) is 2.82. The molecule has 0 aliphatic heterocycles. The van der Waals surface area contributed by atoms with Crippen molar-refractivity contribution in [2.45, 2.75) is 13.1 Å². The molecule has 1 aromatic heterocycles. The van der Waals surface area contributed by atoms with Crippen molar-refractivity contribution in [2.75, 3.05) is 5.32 Å². The molecule has 0 saturated heterocycles. The Hall–Kier alpha value is -1.99. The standard InChI is InChI=1S/C13H13BrN4O2/c14-12-5-11(18(19)20)8-17-13(12)16-7-10-4-2-1-3-9(10)6-15/h1-5,8H,6-7,15H2,(H,16,17). The van der Waals surface area contributed by atoms with Crippen LogP contribution in [0.4, 0.5) is 11.5 Å². The average molecular weight is 337 g/mol. The summed E-state index contributed by atoms with van der Waals surface area (Å²) in [5.74, 6) is 0.558. The molecule has 0 aliphatic carbocycles. The average Bonchev–Trinajstić information content (AvgIpc) is 2.46. The second-order valence-electron chi connectivity index (χ2n) is 4.11. The fourth-order valence-electron chi connectivity index (χ4n) is 1.77. The third kappa shape index (κ3) is 3.31. The molecule has 0 unspecified atom stereocenters. The Morgan fingerprint density at radius 1 is 1.35 bits per heavy atom. The van der Waals surface area contributed by atoms with Gasteiger partial charge in [-0.25, -0.2) is 4.98 Å². The minimum atomic E-state index is -0.481. The van der Waals surface area contributed by atoms with Crippen molar-refractivity contribution in [3.05, 3.63) is 62.2 Å². The van der Waals surface area contributed by atoms with E-state index in [4.69, 9.17) is 5.73 Å². The van der Waals surface area contributed by atoms with E-state index in [0.717, 1.165) is 11.1 Å². The summed E-state index contributed by atoms with van der Waals surface area (Å²) < 4.78 is 0.553. The van der Waals surface area contributed by atoms with Crippen molar-refractivity contribution in [3.63, 3.8) is 0 Å². The van der Waals surface area contributed by atoms with Crippen molar-refractivity contribution in [2.24, 2.45) is 5.73 Å². The zero-order chi connectivity index (χ0) is 14.5. The van der Waals surface area contributed by atoms with Crippen LogP contribution in [0.3, 0.4) is 0 Å². The molecule has 3 N–H and O–H groups in total. The van der Waals surface area contributed by atoms with Crippen LogP contribution in [0, 0.1) is 10.1 Å². The van der Waals surface area contributed by atoms with Gasteiger partial charge in [-0.1, -0.05) is 24.3 Å². The largest absolute Gasteiger partial charge is 0.365 e. The van der Waals surface area contributed by atoms with E-state index in [9.17, 15) is 10.1 Å². The number of benzene rings is 1. The number of nitrogens with two attached hydrogens (primary N) is 1. The molecule has 104 valence electrons. The molecule has 0 atom stereocenters. The molecule has 6 nitrogen and oxygen atoms in total. The Labute approximate surface area is 124 Å². The van der Waals surface area contributed by atoms with E-state index in [1.54, 1.807) is 0 Å². The first-order valence-corrected chi connectivity index (χ1v) is 6.71. The maximum atomic E-state index is 10.6. The predicted molar refractivity (Wildman–Crippen MR) is 80.3 cm³/mol. The number of rotatable bonds is 5. The van der Waals surface area contributed by atoms with Crippen molar-refractivity contribution in [1.29, 1.82) is 0 Å². The summed E-state index contributed by atoms with van der Waals surface area (Å²) >= 11 is 3.27. The van der Waals surface area contributed by atoms with Crippen molar-refractivity contribution < 1.29 is 4.92 Å². The molecule has 0 amide bonds. The predicted octanol–water partition coefficient (Wildman–Crippen LogP) is 2.82. The number of hydrogen-bond donors (Lipinski definition) is 2. The summed E-state index contributed by atoms with van der Waals surface area (Å²) in [5, 5.41) is 13.8. The molecule has 1 heterocycles.